The van der Waals surface area contributed by atoms with Crippen LogP contribution in [0.5, 0.6) is 0 Å². The molecule has 0 fully saturated rings. The number of aromatic nitrogens is 2. The van der Waals surface area contributed by atoms with Crippen molar-refractivity contribution in [2.45, 2.75) is 26.3 Å². The van der Waals surface area contributed by atoms with Crippen LogP contribution in [-0.2, 0) is 6.42 Å². The summed E-state index contributed by atoms with van der Waals surface area (Å²) in [6.45, 7) is 5.04. The van der Waals surface area contributed by atoms with E-state index in [1.807, 2.05) is 12.1 Å². The maximum atomic E-state index is 5.83. The molecule has 0 amide bonds. The first-order chi connectivity index (χ1) is 8.65. The minimum atomic E-state index is 0.462. The minimum absolute atomic E-state index is 0.462. The third kappa shape index (κ3) is 3.55. The summed E-state index contributed by atoms with van der Waals surface area (Å²) in [5.74, 6) is 1.18. The summed E-state index contributed by atoms with van der Waals surface area (Å²) in [5, 5.41) is 12.0. The molecule has 5 heteroatoms. The Balaban J connectivity index is 1.99. The van der Waals surface area contributed by atoms with Crippen molar-refractivity contribution in [3.8, 4) is 11.5 Å². The van der Waals surface area contributed by atoms with Gasteiger partial charge in [0.1, 0.15) is 0 Å². The molecule has 0 bridgehead atoms. The van der Waals surface area contributed by atoms with Crippen LogP contribution in [-0.4, -0.2) is 22.8 Å². The highest BCUT2D eigenvalue weighted by molar-refractivity contribution is 6.30. The van der Waals surface area contributed by atoms with Crippen LogP contribution in [0.1, 0.15) is 19.7 Å². The standard InChI is InChI=1S/C13H16ClN3O/c1-9(2)15-8-7-12-16-17-13(18-12)10-3-5-11(14)6-4-10/h3-6,9,15H,7-8H2,1-2H3. The fourth-order valence-electron chi connectivity index (χ4n) is 1.53. The average Bonchev–Trinajstić information content (AvgIpc) is 2.78. The van der Waals surface area contributed by atoms with E-state index in [2.05, 4.69) is 29.4 Å². The Hall–Kier alpha value is -1.39. The topological polar surface area (TPSA) is 51.0 Å². The van der Waals surface area contributed by atoms with Gasteiger partial charge in [-0.3, -0.25) is 0 Å². The SMILES string of the molecule is CC(C)NCCc1nnc(-c2ccc(Cl)cc2)o1. The van der Waals surface area contributed by atoms with Gasteiger partial charge in [-0.1, -0.05) is 25.4 Å². The molecule has 0 unspecified atom stereocenters. The fraction of sp³-hybridized carbons (Fsp3) is 0.385. The quantitative estimate of drug-likeness (QED) is 0.903. The first-order valence-corrected chi connectivity index (χ1v) is 6.34. The Kier molecular flexibility index (Phi) is 4.33. The predicted octanol–water partition coefficient (Wildman–Crippen LogP) is 2.93. The second-order valence-electron chi connectivity index (χ2n) is 4.37. The largest absolute Gasteiger partial charge is 0.421 e. The number of nitrogens with zero attached hydrogens (tertiary/aromatic N) is 2. The van der Waals surface area contributed by atoms with Gasteiger partial charge in [-0.2, -0.15) is 0 Å². The molecule has 18 heavy (non-hydrogen) atoms. The van der Waals surface area contributed by atoms with Gasteiger partial charge >= 0.3 is 0 Å². The molecule has 0 saturated heterocycles. The molecule has 2 rings (SSSR count). The molecular formula is C13H16ClN3O. The molecule has 1 aromatic heterocycles. The summed E-state index contributed by atoms with van der Waals surface area (Å²) < 4.78 is 5.59. The van der Waals surface area contributed by atoms with E-state index in [1.165, 1.54) is 0 Å². The van der Waals surface area contributed by atoms with E-state index in [9.17, 15) is 0 Å². The van der Waals surface area contributed by atoms with E-state index in [-0.39, 0.29) is 0 Å². The number of benzene rings is 1. The summed E-state index contributed by atoms with van der Waals surface area (Å²) in [6.07, 6.45) is 0.735. The number of hydrogen-bond donors (Lipinski definition) is 1. The zero-order chi connectivity index (χ0) is 13.0. The Morgan fingerprint density at radius 1 is 1.22 bits per heavy atom. The van der Waals surface area contributed by atoms with Crippen LogP contribution in [0.2, 0.25) is 5.02 Å². The fourth-order valence-corrected chi connectivity index (χ4v) is 1.66. The van der Waals surface area contributed by atoms with Gasteiger partial charge in [0.05, 0.1) is 0 Å². The lowest BCUT2D eigenvalue weighted by Crippen LogP contribution is -2.25. The molecule has 0 radical (unpaired) electrons. The van der Waals surface area contributed by atoms with E-state index >= 15 is 0 Å². The van der Waals surface area contributed by atoms with Crippen LogP contribution in [0, 0.1) is 0 Å². The summed E-state index contributed by atoms with van der Waals surface area (Å²) in [6, 6.07) is 7.81. The molecule has 0 aliphatic heterocycles. The van der Waals surface area contributed by atoms with Crippen LogP contribution in [0.4, 0.5) is 0 Å². The summed E-state index contributed by atoms with van der Waals surface area (Å²) in [7, 11) is 0. The van der Waals surface area contributed by atoms with Crippen LogP contribution < -0.4 is 5.32 Å². The molecule has 1 N–H and O–H groups in total. The highest BCUT2D eigenvalue weighted by Gasteiger charge is 2.08. The van der Waals surface area contributed by atoms with Crippen LogP contribution >= 0.6 is 11.6 Å². The van der Waals surface area contributed by atoms with Gasteiger partial charge in [0, 0.05) is 29.6 Å². The minimum Gasteiger partial charge on any atom is -0.421 e. The van der Waals surface area contributed by atoms with E-state index in [0.717, 1.165) is 18.5 Å². The van der Waals surface area contributed by atoms with Gasteiger partial charge in [0.15, 0.2) is 0 Å². The van der Waals surface area contributed by atoms with Gasteiger partial charge < -0.3 is 9.73 Å². The van der Waals surface area contributed by atoms with Crippen molar-refractivity contribution in [1.29, 1.82) is 0 Å². The predicted molar refractivity (Wildman–Crippen MR) is 71.6 cm³/mol. The van der Waals surface area contributed by atoms with Gasteiger partial charge in [0.25, 0.3) is 0 Å². The van der Waals surface area contributed by atoms with Gasteiger partial charge in [0.2, 0.25) is 11.8 Å². The zero-order valence-corrected chi connectivity index (χ0v) is 11.2. The van der Waals surface area contributed by atoms with E-state index in [4.69, 9.17) is 16.0 Å². The summed E-state index contributed by atoms with van der Waals surface area (Å²) in [4.78, 5) is 0. The van der Waals surface area contributed by atoms with Crippen molar-refractivity contribution in [1.82, 2.24) is 15.5 Å². The third-order valence-electron chi connectivity index (χ3n) is 2.45. The van der Waals surface area contributed by atoms with E-state index < -0.39 is 0 Å². The molecule has 1 aromatic carbocycles. The Bertz CT molecular complexity index is 493. The normalized spacial score (nSPS) is 11.1. The number of rotatable bonds is 5. The molecule has 0 aliphatic rings. The lowest BCUT2D eigenvalue weighted by molar-refractivity contribution is 0.484. The van der Waals surface area contributed by atoms with Crippen LogP contribution in [0.25, 0.3) is 11.5 Å². The van der Waals surface area contributed by atoms with Crippen molar-refractivity contribution in [3.63, 3.8) is 0 Å². The highest BCUT2D eigenvalue weighted by Crippen LogP contribution is 2.20. The van der Waals surface area contributed by atoms with E-state index in [0.29, 0.717) is 22.8 Å². The third-order valence-corrected chi connectivity index (χ3v) is 2.70. The second-order valence-corrected chi connectivity index (χ2v) is 4.80. The monoisotopic (exact) mass is 265 g/mol. The highest BCUT2D eigenvalue weighted by atomic mass is 35.5. The Labute approximate surface area is 111 Å². The molecule has 1 heterocycles. The van der Waals surface area contributed by atoms with Crippen molar-refractivity contribution in [2.75, 3.05) is 6.54 Å². The van der Waals surface area contributed by atoms with Gasteiger partial charge in [-0.05, 0) is 24.3 Å². The Morgan fingerprint density at radius 2 is 1.94 bits per heavy atom. The Morgan fingerprint density at radius 3 is 2.61 bits per heavy atom. The first kappa shape index (κ1) is 13.1. The van der Waals surface area contributed by atoms with Crippen molar-refractivity contribution in [2.24, 2.45) is 0 Å². The van der Waals surface area contributed by atoms with Crippen LogP contribution in [0.3, 0.4) is 0 Å². The maximum Gasteiger partial charge on any atom is 0.247 e. The maximum absolute atomic E-state index is 5.83. The number of halogens is 1. The van der Waals surface area contributed by atoms with Crippen LogP contribution in [0.15, 0.2) is 28.7 Å². The van der Waals surface area contributed by atoms with Gasteiger partial charge in [-0.15, -0.1) is 10.2 Å². The molecule has 0 spiro atoms. The van der Waals surface area contributed by atoms with E-state index in [1.54, 1.807) is 12.1 Å². The average molecular weight is 266 g/mol. The van der Waals surface area contributed by atoms with Crippen molar-refractivity contribution in [3.05, 3.63) is 35.2 Å². The lowest BCUT2D eigenvalue weighted by atomic mass is 10.2. The molecule has 2 aromatic rings. The number of hydrogen-bond acceptors (Lipinski definition) is 4. The molecule has 0 aliphatic carbocycles. The summed E-state index contributed by atoms with van der Waals surface area (Å²) >= 11 is 5.83. The second kappa shape index (κ2) is 5.98. The zero-order valence-electron chi connectivity index (χ0n) is 10.5. The smallest absolute Gasteiger partial charge is 0.247 e. The van der Waals surface area contributed by atoms with Crippen molar-refractivity contribution >= 4 is 11.6 Å². The first-order valence-electron chi connectivity index (χ1n) is 5.97. The van der Waals surface area contributed by atoms with Gasteiger partial charge in [-0.25, -0.2) is 0 Å². The van der Waals surface area contributed by atoms with Crippen molar-refractivity contribution < 1.29 is 4.42 Å². The summed E-state index contributed by atoms with van der Waals surface area (Å²) in [5.41, 5.74) is 0.884. The molecule has 96 valence electrons. The number of nitrogens with one attached hydrogen (secondary N) is 1. The molecular weight excluding hydrogens is 250 g/mol. The molecule has 0 saturated carbocycles. The molecule has 4 nitrogen and oxygen atoms in total. The lowest BCUT2D eigenvalue weighted by Gasteiger charge is -2.04. The molecule has 0 atom stereocenters.